The van der Waals surface area contributed by atoms with Crippen molar-refractivity contribution in [2.75, 3.05) is 13.1 Å². The molecule has 1 aliphatic rings. The van der Waals surface area contributed by atoms with Crippen LogP contribution in [0.2, 0.25) is 0 Å². The van der Waals surface area contributed by atoms with Crippen LogP contribution in [-0.2, 0) is 6.61 Å². The molecule has 1 aliphatic heterocycles. The summed E-state index contributed by atoms with van der Waals surface area (Å²) in [5, 5.41) is 16.6. The van der Waals surface area contributed by atoms with Crippen LogP contribution in [0.25, 0.3) is 0 Å². The summed E-state index contributed by atoms with van der Waals surface area (Å²) in [6.07, 6.45) is 3.97. The highest BCUT2D eigenvalue weighted by Gasteiger charge is 2.17. The molecular formula is C9H15N3O. The molecule has 2 rings (SSSR count). The number of piperidine rings is 1. The first-order chi connectivity index (χ1) is 6.42. The largest absolute Gasteiger partial charge is 0.390 e. The van der Waals surface area contributed by atoms with Gasteiger partial charge in [0.25, 0.3) is 0 Å². The first kappa shape index (κ1) is 8.72. The summed E-state index contributed by atoms with van der Waals surface area (Å²) in [5.41, 5.74) is 0.923. The van der Waals surface area contributed by atoms with E-state index in [0.717, 1.165) is 31.6 Å². The lowest BCUT2D eigenvalue weighted by molar-refractivity contribution is 0.251. The van der Waals surface area contributed by atoms with Crippen molar-refractivity contribution in [2.45, 2.75) is 25.5 Å². The highest BCUT2D eigenvalue weighted by Crippen LogP contribution is 2.19. The number of rotatable bonds is 2. The maximum atomic E-state index is 9.06. The molecule has 4 heteroatoms. The summed E-state index contributed by atoms with van der Waals surface area (Å²) in [4.78, 5) is 0. The Labute approximate surface area is 77.6 Å². The van der Waals surface area contributed by atoms with E-state index in [4.69, 9.17) is 5.11 Å². The minimum absolute atomic E-state index is 0.0872. The molecule has 0 bridgehead atoms. The van der Waals surface area contributed by atoms with Gasteiger partial charge in [0.15, 0.2) is 0 Å². The molecule has 2 heterocycles. The lowest BCUT2D eigenvalue weighted by atomic mass is 10.1. The number of hydrogen-bond acceptors (Lipinski definition) is 3. The monoisotopic (exact) mass is 181 g/mol. The van der Waals surface area contributed by atoms with Crippen LogP contribution in [0.5, 0.6) is 0 Å². The summed E-state index contributed by atoms with van der Waals surface area (Å²) in [7, 11) is 0. The fourth-order valence-corrected chi connectivity index (χ4v) is 1.85. The van der Waals surface area contributed by atoms with Crippen molar-refractivity contribution < 1.29 is 5.11 Å². The van der Waals surface area contributed by atoms with Gasteiger partial charge in [0.2, 0.25) is 0 Å². The molecule has 1 aromatic rings. The quantitative estimate of drug-likeness (QED) is 0.690. The Kier molecular flexibility index (Phi) is 2.61. The third kappa shape index (κ3) is 1.73. The van der Waals surface area contributed by atoms with Crippen molar-refractivity contribution >= 4 is 0 Å². The van der Waals surface area contributed by atoms with Gasteiger partial charge in [0.05, 0.1) is 18.3 Å². The van der Waals surface area contributed by atoms with Crippen molar-refractivity contribution in [3.8, 4) is 0 Å². The normalized spacial score (nSPS) is 19.2. The second-order valence-corrected chi connectivity index (χ2v) is 3.41. The van der Waals surface area contributed by atoms with Gasteiger partial charge in [0, 0.05) is 6.20 Å². The van der Waals surface area contributed by atoms with E-state index in [1.165, 1.54) is 0 Å². The number of aromatic nitrogens is 2. The molecule has 0 unspecified atom stereocenters. The molecule has 0 radical (unpaired) electrons. The molecule has 0 atom stereocenters. The Balaban J connectivity index is 2.13. The fourth-order valence-electron chi connectivity index (χ4n) is 1.85. The Morgan fingerprint density at radius 2 is 2.31 bits per heavy atom. The maximum Gasteiger partial charge on any atom is 0.0850 e. The van der Waals surface area contributed by atoms with Gasteiger partial charge in [-0.1, -0.05) is 0 Å². The van der Waals surface area contributed by atoms with E-state index in [9.17, 15) is 0 Å². The summed E-state index contributed by atoms with van der Waals surface area (Å²) < 4.78 is 1.96. The highest BCUT2D eigenvalue weighted by atomic mass is 16.3. The van der Waals surface area contributed by atoms with E-state index in [1.807, 2.05) is 10.7 Å². The molecule has 0 spiro atoms. The molecule has 1 saturated heterocycles. The average molecular weight is 181 g/mol. The van der Waals surface area contributed by atoms with Crippen LogP contribution in [0.15, 0.2) is 12.3 Å². The lowest BCUT2D eigenvalue weighted by Gasteiger charge is -2.24. The van der Waals surface area contributed by atoms with E-state index in [-0.39, 0.29) is 6.61 Å². The van der Waals surface area contributed by atoms with Gasteiger partial charge < -0.3 is 10.4 Å². The van der Waals surface area contributed by atoms with Gasteiger partial charge in [-0.05, 0) is 32.0 Å². The number of nitrogens with one attached hydrogen (secondary N) is 1. The molecule has 1 aromatic heterocycles. The average Bonchev–Trinajstić information content (AvgIpc) is 2.67. The lowest BCUT2D eigenvalue weighted by Crippen LogP contribution is -2.30. The van der Waals surface area contributed by atoms with Crippen LogP contribution < -0.4 is 5.32 Å². The highest BCUT2D eigenvalue weighted by molar-refractivity contribution is 5.00. The van der Waals surface area contributed by atoms with Crippen molar-refractivity contribution in [1.29, 1.82) is 0 Å². The molecule has 72 valence electrons. The standard InChI is InChI=1S/C9H15N3O/c13-7-9-3-6-11-12(9)8-1-4-10-5-2-8/h3,6,8,10,13H,1-2,4-5,7H2. The van der Waals surface area contributed by atoms with Crippen LogP contribution in [-0.4, -0.2) is 28.0 Å². The topological polar surface area (TPSA) is 50.1 Å². The molecule has 13 heavy (non-hydrogen) atoms. The van der Waals surface area contributed by atoms with E-state index in [2.05, 4.69) is 10.4 Å². The first-order valence-corrected chi connectivity index (χ1v) is 4.76. The smallest absolute Gasteiger partial charge is 0.0850 e. The maximum absolute atomic E-state index is 9.06. The second-order valence-electron chi connectivity index (χ2n) is 3.41. The van der Waals surface area contributed by atoms with E-state index in [1.54, 1.807) is 6.20 Å². The first-order valence-electron chi connectivity index (χ1n) is 4.76. The summed E-state index contributed by atoms with van der Waals surface area (Å²) in [5.74, 6) is 0. The predicted octanol–water partition coefficient (Wildman–Crippen LogP) is 0.300. The van der Waals surface area contributed by atoms with E-state index >= 15 is 0 Å². The van der Waals surface area contributed by atoms with Gasteiger partial charge in [0.1, 0.15) is 0 Å². The van der Waals surface area contributed by atoms with E-state index in [0.29, 0.717) is 6.04 Å². The Hall–Kier alpha value is -0.870. The second kappa shape index (κ2) is 3.89. The number of aliphatic hydroxyl groups is 1. The molecule has 0 aliphatic carbocycles. The molecule has 1 fully saturated rings. The SMILES string of the molecule is OCc1ccnn1C1CCNCC1. The number of aliphatic hydroxyl groups excluding tert-OH is 1. The minimum Gasteiger partial charge on any atom is -0.390 e. The Morgan fingerprint density at radius 1 is 1.54 bits per heavy atom. The minimum atomic E-state index is 0.0872. The molecule has 0 aromatic carbocycles. The molecular weight excluding hydrogens is 166 g/mol. The van der Waals surface area contributed by atoms with Gasteiger partial charge in [-0.3, -0.25) is 4.68 Å². The Morgan fingerprint density at radius 3 is 3.00 bits per heavy atom. The zero-order valence-corrected chi connectivity index (χ0v) is 7.61. The summed E-state index contributed by atoms with van der Waals surface area (Å²) in [6, 6.07) is 2.35. The van der Waals surface area contributed by atoms with Gasteiger partial charge >= 0.3 is 0 Å². The molecule has 2 N–H and O–H groups in total. The predicted molar refractivity (Wildman–Crippen MR) is 49.3 cm³/mol. The summed E-state index contributed by atoms with van der Waals surface area (Å²) in [6.45, 7) is 2.19. The summed E-state index contributed by atoms with van der Waals surface area (Å²) >= 11 is 0. The van der Waals surface area contributed by atoms with Crippen molar-refractivity contribution in [3.05, 3.63) is 18.0 Å². The van der Waals surface area contributed by atoms with Crippen LogP contribution in [0.4, 0.5) is 0 Å². The van der Waals surface area contributed by atoms with Crippen LogP contribution in [0.1, 0.15) is 24.6 Å². The molecule has 0 amide bonds. The van der Waals surface area contributed by atoms with Gasteiger partial charge in [-0.2, -0.15) is 5.10 Å². The molecule has 0 saturated carbocycles. The zero-order chi connectivity index (χ0) is 9.10. The van der Waals surface area contributed by atoms with E-state index < -0.39 is 0 Å². The van der Waals surface area contributed by atoms with Crippen molar-refractivity contribution in [1.82, 2.24) is 15.1 Å². The van der Waals surface area contributed by atoms with Gasteiger partial charge in [-0.25, -0.2) is 0 Å². The van der Waals surface area contributed by atoms with Crippen LogP contribution >= 0.6 is 0 Å². The third-order valence-corrected chi connectivity index (χ3v) is 2.57. The van der Waals surface area contributed by atoms with Crippen molar-refractivity contribution in [3.63, 3.8) is 0 Å². The number of hydrogen-bond donors (Lipinski definition) is 2. The van der Waals surface area contributed by atoms with Crippen LogP contribution in [0.3, 0.4) is 0 Å². The number of nitrogens with zero attached hydrogens (tertiary/aromatic N) is 2. The van der Waals surface area contributed by atoms with Crippen LogP contribution in [0, 0.1) is 0 Å². The van der Waals surface area contributed by atoms with Crippen molar-refractivity contribution in [2.24, 2.45) is 0 Å². The van der Waals surface area contributed by atoms with Gasteiger partial charge in [-0.15, -0.1) is 0 Å². The molecule has 4 nitrogen and oxygen atoms in total. The third-order valence-electron chi connectivity index (χ3n) is 2.57. The Bertz CT molecular complexity index is 266. The zero-order valence-electron chi connectivity index (χ0n) is 7.61. The fraction of sp³-hybridized carbons (Fsp3) is 0.667.